The van der Waals surface area contributed by atoms with Gasteiger partial charge in [0.05, 0.1) is 6.33 Å². The lowest BCUT2D eigenvalue weighted by molar-refractivity contribution is 0.332. The maximum Gasteiger partial charge on any atom is 0.0948 e. The normalized spacial score (nSPS) is 24.6. The van der Waals surface area contributed by atoms with Gasteiger partial charge in [-0.05, 0) is 41.9 Å². The third kappa shape index (κ3) is 2.44. The lowest BCUT2D eigenvalue weighted by Gasteiger charge is -2.22. The lowest BCUT2D eigenvalue weighted by Crippen LogP contribution is -2.14. The van der Waals surface area contributed by atoms with Gasteiger partial charge in [-0.15, -0.1) is 0 Å². The molecule has 2 aliphatic rings. The highest BCUT2D eigenvalue weighted by Gasteiger charge is 2.46. The van der Waals surface area contributed by atoms with Crippen molar-refractivity contribution in [3.63, 3.8) is 0 Å². The number of nitrogens with zero attached hydrogens (tertiary/aromatic N) is 2. The third-order valence-corrected chi connectivity index (χ3v) is 5.98. The molecule has 3 unspecified atom stereocenters. The maximum absolute atomic E-state index is 4.28. The zero-order chi connectivity index (χ0) is 16.6. The molecule has 0 radical (unpaired) electrons. The lowest BCUT2D eigenvalue weighted by atomic mass is 9.88. The second kappa shape index (κ2) is 6.03. The Balaban J connectivity index is 1.68. The molecular weight excluding hydrogens is 304 g/mol. The highest BCUT2D eigenvalue weighted by Crippen LogP contribution is 2.57. The first-order chi connectivity index (χ1) is 12.4. The van der Waals surface area contributed by atoms with Crippen LogP contribution >= 0.6 is 0 Å². The largest absolute Gasteiger partial charge is 0.334 e. The van der Waals surface area contributed by atoms with E-state index >= 15 is 0 Å². The van der Waals surface area contributed by atoms with Crippen LogP contribution in [0.2, 0.25) is 0 Å². The van der Waals surface area contributed by atoms with Crippen LogP contribution in [0.25, 0.3) is 5.57 Å². The van der Waals surface area contributed by atoms with Crippen LogP contribution < -0.4 is 0 Å². The Morgan fingerprint density at radius 2 is 1.56 bits per heavy atom. The van der Waals surface area contributed by atoms with E-state index in [-0.39, 0.29) is 0 Å². The SMILES string of the molecule is c1ccc(C(=C2C3CCC2C(n2ccnc2)C3)c2ccccc2)cc1. The van der Waals surface area contributed by atoms with Gasteiger partial charge in [0.1, 0.15) is 0 Å². The first-order valence-electron chi connectivity index (χ1n) is 9.24. The summed E-state index contributed by atoms with van der Waals surface area (Å²) in [4.78, 5) is 4.28. The summed E-state index contributed by atoms with van der Waals surface area (Å²) in [5, 5.41) is 0. The third-order valence-electron chi connectivity index (χ3n) is 5.98. The van der Waals surface area contributed by atoms with Gasteiger partial charge in [-0.2, -0.15) is 0 Å². The molecule has 2 bridgehead atoms. The molecule has 2 fully saturated rings. The van der Waals surface area contributed by atoms with Gasteiger partial charge in [-0.3, -0.25) is 0 Å². The van der Waals surface area contributed by atoms with Gasteiger partial charge in [-0.25, -0.2) is 4.98 Å². The predicted octanol–water partition coefficient (Wildman–Crippen LogP) is 5.36. The zero-order valence-electron chi connectivity index (χ0n) is 14.3. The molecule has 2 aromatic carbocycles. The van der Waals surface area contributed by atoms with Gasteiger partial charge >= 0.3 is 0 Å². The van der Waals surface area contributed by atoms with Crippen LogP contribution in [0.15, 0.2) is 85.0 Å². The Labute approximate surface area is 148 Å². The van der Waals surface area contributed by atoms with Crippen molar-refractivity contribution in [3.05, 3.63) is 96.1 Å². The molecule has 0 spiro atoms. The molecule has 0 saturated heterocycles. The summed E-state index contributed by atoms with van der Waals surface area (Å²) < 4.78 is 2.33. The van der Waals surface area contributed by atoms with E-state index in [1.54, 1.807) is 5.57 Å². The van der Waals surface area contributed by atoms with Crippen molar-refractivity contribution in [2.24, 2.45) is 11.8 Å². The zero-order valence-corrected chi connectivity index (χ0v) is 14.3. The number of hydrogen-bond donors (Lipinski definition) is 0. The van der Waals surface area contributed by atoms with E-state index in [4.69, 9.17) is 0 Å². The van der Waals surface area contributed by atoms with E-state index in [9.17, 15) is 0 Å². The average molecular weight is 326 g/mol. The smallest absolute Gasteiger partial charge is 0.0948 e. The van der Waals surface area contributed by atoms with E-state index < -0.39 is 0 Å². The Hall–Kier alpha value is -2.61. The number of hydrogen-bond acceptors (Lipinski definition) is 1. The molecule has 3 aromatic rings. The summed E-state index contributed by atoms with van der Waals surface area (Å²) in [7, 11) is 0. The minimum Gasteiger partial charge on any atom is -0.334 e. The first kappa shape index (κ1) is 14.7. The second-order valence-electron chi connectivity index (χ2n) is 7.26. The fraction of sp³-hybridized carbons (Fsp3) is 0.261. The average Bonchev–Trinajstić information content (AvgIpc) is 3.41. The highest BCUT2D eigenvalue weighted by atomic mass is 15.1. The number of rotatable bonds is 3. The van der Waals surface area contributed by atoms with Crippen molar-refractivity contribution < 1.29 is 0 Å². The van der Waals surface area contributed by atoms with Crippen molar-refractivity contribution in [3.8, 4) is 0 Å². The minimum absolute atomic E-state index is 0.568. The summed E-state index contributed by atoms with van der Waals surface area (Å²) in [6, 6.07) is 22.5. The van der Waals surface area contributed by atoms with Crippen LogP contribution in [0.3, 0.4) is 0 Å². The van der Waals surface area contributed by atoms with Crippen LogP contribution in [0, 0.1) is 11.8 Å². The number of imidazole rings is 1. The number of benzene rings is 2. The van der Waals surface area contributed by atoms with E-state index in [0.29, 0.717) is 17.9 Å². The van der Waals surface area contributed by atoms with Gasteiger partial charge in [0, 0.05) is 24.4 Å². The maximum atomic E-state index is 4.28. The topological polar surface area (TPSA) is 17.8 Å². The van der Waals surface area contributed by atoms with Gasteiger partial charge in [0.2, 0.25) is 0 Å². The number of allylic oxidation sites excluding steroid dienone is 1. The van der Waals surface area contributed by atoms with Crippen LogP contribution in [-0.4, -0.2) is 9.55 Å². The van der Waals surface area contributed by atoms with Crippen LogP contribution in [0.4, 0.5) is 0 Å². The monoisotopic (exact) mass is 326 g/mol. The molecule has 2 aliphatic carbocycles. The molecular formula is C23H22N2. The van der Waals surface area contributed by atoms with E-state index in [0.717, 1.165) is 0 Å². The summed E-state index contributed by atoms with van der Waals surface area (Å²) in [6.45, 7) is 0. The minimum atomic E-state index is 0.568. The second-order valence-corrected chi connectivity index (χ2v) is 7.26. The summed E-state index contributed by atoms with van der Waals surface area (Å²) in [5.74, 6) is 1.34. The molecule has 2 saturated carbocycles. The molecule has 0 amide bonds. The van der Waals surface area contributed by atoms with Crippen molar-refractivity contribution in [2.75, 3.05) is 0 Å². The predicted molar refractivity (Wildman–Crippen MR) is 101 cm³/mol. The number of aromatic nitrogens is 2. The molecule has 2 nitrogen and oxygen atoms in total. The molecule has 3 atom stereocenters. The molecule has 1 aromatic heterocycles. The summed E-state index contributed by atoms with van der Waals surface area (Å²) in [6.07, 6.45) is 9.91. The van der Waals surface area contributed by atoms with E-state index in [2.05, 4.69) is 76.4 Å². The summed E-state index contributed by atoms with van der Waals surface area (Å²) >= 11 is 0. The molecule has 25 heavy (non-hydrogen) atoms. The van der Waals surface area contributed by atoms with Crippen molar-refractivity contribution in [1.82, 2.24) is 9.55 Å². The van der Waals surface area contributed by atoms with Gasteiger partial charge in [0.25, 0.3) is 0 Å². The first-order valence-corrected chi connectivity index (χ1v) is 9.24. The fourth-order valence-corrected chi connectivity index (χ4v) is 4.99. The Kier molecular flexibility index (Phi) is 3.55. The van der Waals surface area contributed by atoms with Gasteiger partial charge in [0.15, 0.2) is 0 Å². The molecule has 5 rings (SSSR count). The number of fused-ring (bicyclic) bond motifs is 2. The van der Waals surface area contributed by atoms with Gasteiger partial charge < -0.3 is 4.57 Å². The van der Waals surface area contributed by atoms with E-state index in [1.165, 1.54) is 36.0 Å². The Morgan fingerprint density at radius 3 is 2.16 bits per heavy atom. The quantitative estimate of drug-likeness (QED) is 0.634. The standard InChI is InChI=1S/C23H22N2/c1-3-7-17(8-4-1)22(18-9-5-2-6-10-18)23-19-11-12-20(23)21(15-19)25-14-13-24-16-25/h1-10,13-14,16,19-21H,11-12,15H2. The molecule has 2 heteroatoms. The Morgan fingerprint density at radius 1 is 0.880 bits per heavy atom. The van der Waals surface area contributed by atoms with Crippen LogP contribution in [0.1, 0.15) is 36.4 Å². The van der Waals surface area contributed by atoms with Crippen LogP contribution in [-0.2, 0) is 0 Å². The van der Waals surface area contributed by atoms with Crippen molar-refractivity contribution in [1.29, 1.82) is 0 Å². The van der Waals surface area contributed by atoms with Gasteiger partial charge in [-0.1, -0.05) is 66.2 Å². The molecule has 0 aliphatic heterocycles. The van der Waals surface area contributed by atoms with Crippen molar-refractivity contribution in [2.45, 2.75) is 25.3 Å². The molecule has 124 valence electrons. The van der Waals surface area contributed by atoms with E-state index in [1.807, 2.05) is 12.5 Å². The van der Waals surface area contributed by atoms with Crippen LogP contribution in [0.5, 0.6) is 0 Å². The highest BCUT2D eigenvalue weighted by molar-refractivity contribution is 5.83. The fourth-order valence-electron chi connectivity index (χ4n) is 4.99. The molecule has 1 heterocycles. The Bertz CT molecular complexity index is 837. The summed E-state index contributed by atoms with van der Waals surface area (Å²) in [5.41, 5.74) is 5.85. The van der Waals surface area contributed by atoms with Crippen molar-refractivity contribution >= 4 is 5.57 Å². The molecule has 0 N–H and O–H groups in total.